The van der Waals surface area contributed by atoms with E-state index in [-0.39, 0.29) is 17.7 Å². The Balaban J connectivity index is 1.60. The number of carbonyl (C=O) groups is 2. The quantitative estimate of drug-likeness (QED) is 0.838. The maximum atomic E-state index is 13.2. The van der Waals surface area contributed by atoms with Gasteiger partial charge in [-0.25, -0.2) is 0 Å². The molecule has 0 radical (unpaired) electrons. The number of rotatable bonds is 5. The fourth-order valence-corrected chi connectivity index (χ4v) is 4.30. The van der Waals surface area contributed by atoms with Gasteiger partial charge in [-0.2, -0.15) is 5.10 Å². The molecule has 0 saturated carbocycles. The first-order valence-electron chi connectivity index (χ1n) is 9.06. The summed E-state index contributed by atoms with van der Waals surface area (Å²) >= 11 is 0. The standard InChI is InChI=1S/C18H29N5O2/c1-13-8-14(2)23(20-13)7-5-6-21(4)17(25)18-11-19-9-16(18)10-22(12-18)15(3)24/h8,16,19H,5-7,9-12H2,1-4H3/t16-,18-/m1/s1. The summed E-state index contributed by atoms with van der Waals surface area (Å²) in [5, 5.41) is 7.82. The highest BCUT2D eigenvalue weighted by Crippen LogP contribution is 2.40. The van der Waals surface area contributed by atoms with Crippen LogP contribution in [0.3, 0.4) is 0 Å². The van der Waals surface area contributed by atoms with Crippen LogP contribution in [0.25, 0.3) is 0 Å². The molecule has 7 nitrogen and oxygen atoms in total. The van der Waals surface area contributed by atoms with Crippen LogP contribution in [0, 0.1) is 25.2 Å². The van der Waals surface area contributed by atoms with Crippen molar-refractivity contribution < 1.29 is 9.59 Å². The van der Waals surface area contributed by atoms with E-state index in [0.29, 0.717) is 26.2 Å². The van der Waals surface area contributed by atoms with Gasteiger partial charge in [0.1, 0.15) is 0 Å². The number of fused-ring (bicyclic) bond motifs is 1. The first-order chi connectivity index (χ1) is 11.8. The Morgan fingerprint density at radius 3 is 2.84 bits per heavy atom. The third-order valence-electron chi connectivity index (χ3n) is 5.71. The largest absolute Gasteiger partial charge is 0.345 e. The normalized spacial score (nSPS) is 25.3. The van der Waals surface area contributed by atoms with Crippen LogP contribution in [0.1, 0.15) is 24.7 Å². The second-order valence-corrected chi connectivity index (χ2v) is 7.61. The molecule has 2 aliphatic heterocycles. The lowest BCUT2D eigenvalue weighted by molar-refractivity contribution is -0.141. The van der Waals surface area contributed by atoms with Crippen molar-refractivity contribution in [2.75, 3.05) is 39.8 Å². The van der Waals surface area contributed by atoms with E-state index in [4.69, 9.17) is 0 Å². The van der Waals surface area contributed by atoms with Crippen molar-refractivity contribution >= 4 is 11.8 Å². The lowest BCUT2D eigenvalue weighted by atomic mass is 9.79. The van der Waals surface area contributed by atoms with E-state index in [1.165, 1.54) is 0 Å². The molecule has 3 rings (SSSR count). The molecule has 2 aliphatic rings. The summed E-state index contributed by atoms with van der Waals surface area (Å²) in [7, 11) is 1.88. The van der Waals surface area contributed by atoms with Gasteiger partial charge in [0.15, 0.2) is 0 Å². The van der Waals surface area contributed by atoms with E-state index >= 15 is 0 Å². The average Bonchev–Trinajstić information content (AvgIpc) is 3.19. The van der Waals surface area contributed by atoms with Crippen molar-refractivity contribution in [3.05, 3.63) is 17.5 Å². The Labute approximate surface area is 149 Å². The lowest BCUT2D eigenvalue weighted by Gasteiger charge is -2.31. The molecule has 0 spiro atoms. The van der Waals surface area contributed by atoms with E-state index < -0.39 is 5.41 Å². The molecule has 1 aromatic rings. The van der Waals surface area contributed by atoms with Crippen molar-refractivity contribution in [3.8, 4) is 0 Å². The number of aromatic nitrogens is 2. The first kappa shape index (κ1) is 17.9. The molecule has 0 bridgehead atoms. The minimum atomic E-state index is -0.446. The highest BCUT2D eigenvalue weighted by molar-refractivity contribution is 5.86. The van der Waals surface area contributed by atoms with Crippen LogP contribution in [-0.2, 0) is 16.1 Å². The number of nitrogens with zero attached hydrogens (tertiary/aromatic N) is 4. The average molecular weight is 347 g/mol. The van der Waals surface area contributed by atoms with Crippen LogP contribution in [0.2, 0.25) is 0 Å². The van der Waals surface area contributed by atoms with E-state index in [9.17, 15) is 9.59 Å². The first-order valence-corrected chi connectivity index (χ1v) is 9.06. The van der Waals surface area contributed by atoms with Crippen LogP contribution in [0.5, 0.6) is 0 Å². The van der Waals surface area contributed by atoms with Gasteiger partial charge in [-0.3, -0.25) is 14.3 Å². The summed E-state index contributed by atoms with van der Waals surface area (Å²) in [6.45, 7) is 9.86. The monoisotopic (exact) mass is 347 g/mol. The predicted octanol–water partition coefficient (Wildman–Crippen LogP) is 0.416. The van der Waals surface area contributed by atoms with Crippen molar-refractivity contribution in [2.45, 2.75) is 33.7 Å². The van der Waals surface area contributed by atoms with E-state index in [1.807, 2.05) is 28.5 Å². The van der Waals surface area contributed by atoms with Gasteiger partial charge in [-0.15, -0.1) is 0 Å². The minimum absolute atomic E-state index is 0.0637. The number of hydrogen-bond acceptors (Lipinski definition) is 4. The molecule has 0 aliphatic carbocycles. The van der Waals surface area contributed by atoms with Crippen molar-refractivity contribution in [1.82, 2.24) is 24.9 Å². The molecule has 7 heteroatoms. The summed E-state index contributed by atoms with van der Waals surface area (Å²) in [6.07, 6.45) is 0.870. The van der Waals surface area contributed by atoms with Gasteiger partial charge in [-0.05, 0) is 26.3 Å². The Hall–Kier alpha value is -1.89. The van der Waals surface area contributed by atoms with E-state index in [2.05, 4.69) is 23.4 Å². The SMILES string of the molecule is CC(=O)N1C[C@H]2CNC[C@@]2(C(=O)N(C)CCCn2nc(C)cc2C)C1. The van der Waals surface area contributed by atoms with Gasteiger partial charge in [0.2, 0.25) is 11.8 Å². The van der Waals surface area contributed by atoms with Gasteiger partial charge in [0, 0.05) is 64.9 Å². The summed E-state index contributed by atoms with van der Waals surface area (Å²) in [4.78, 5) is 28.6. The van der Waals surface area contributed by atoms with Crippen LogP contribution in [0.15, 0.2) is 6.07 Å². The maximum absolute atomic E-state index is 13.2. The van der Waals surface area contributed by atoms with Crippen molar-refractivity contribution in [2.24, 2.45) is 11.3 Å². The molecule has 3 heterocycles. The molecule has 25 heavy (non-hydrogen) atoms. The summed E-state index contributed by atoms with van der Waals surface area (Å²) < 4.78 is 2.00. The molecular weight excluding hydrogens is 318 g/mol. The van der Waals surface area contributed by atoms with Gasteiger partial charge >= 0.3 is 0 Å². The summed E-state index contributed by atoms with van der Waals surface area (Å²) in [5.41, 5.74) is 1.73. The smallest absolute Gasteiger partial charge is 0.232 e. The highest BCUT2D eigenvalue weighted by Gasteiger charge is 2.56. The molecule has 138 valence electrons. The van der Waals surface area contributed by atoms with Gasteiger partial charge in [-0.1, -0.05) is 0 Å². The number of aryl methyl sites for hydroxylation is 3. The second-order valence-electron chi connectivity index (χ2n) is 7.61. The molecule has 1 N–H and O–H groups in total. The zero-order valence-corrected chi connectivity index (χ0v) is 15.7. The number of likely N-dealkylation sites (tertiary alicyclic amines) is 1. The maximum Gasteiger partial charge on any atom is 0.232 e. The van der Waals surface area contributed by atoms with Crippen LogP contribution >= 0.6 is 0 Å². The van der Waals surface area contributed by atoms with Gasteiger partial charge < -0.3 is 15.1 Å². The van der Waals surface area contributed by atoms with Gasteiger partial charge in [0.25, 0.3) is 0 Å². The molecule has 2 atom stereocenters. The summed E-state index contributed by atoms with van der Waals surface area (Å²) in [6, 6.07) is 2.07. The lowest BCUT2D eigenvalue weighted by Crippen LogP contribution is -2.48. The topological polar surface area (TPSA) is 70.5 Å². The second kappa shape index (κ2) is 6.78. The number of nitrogens with one attached hydrogen (secondary N) is 1. The molecule has 2 fully saturated rings. The Kier molecular flexibility index (Phi) is 4.86. The molecule has 2 amide bonds. The highest BCUT2D eigenvalue weighted by atomic mass is 16.2. The molecular formula is C18H29N5O2. The Morgan fingerprint density at radius 2 is 2.20 bits per heavy atom. The van der Waals surface area contributed by atoms with E-state index in [1.54, 1.807) is 6.92 Å². The Morgan fingerprint density at radius 1 is 1.44 bits per heavy atom. The molecule has 0 unspecified atom stereocenters. The van der Waals surface area contributed by atoms with Crippen molar-refractivity contribution in [3.63, 3.8) is 0 Å². The third kappa shape index (κ3) is 3.29. The van der Waals surface area contributed by atoms with Crippen LogP contribution < -0.4 is 5.32 Å². The zero-order valence-electron chi connectivity index (χ0n) is 15.7. The summed E-state index contributed by atoms with van der Waals surface area (Å²) in [5.74, 6) is 0.454. The van der Waals surface area contributed by atoms with Gasteiger partial charge in [0.05, 0.1) is 11.1 Å². The van der Waals surface area contributed by atoms with Crippen LogP contribution in [-0.4, -0.2) is 71.2 Å². The van der Waals surface area contributed by atoms with Crippen LogP contribution in [0.4, 0.5) is 0 Å². The third-order valence-corrected chi connectivity index (χ3v) is 5.71. The predicted molar refractivity (Wildman–Crippen MR) is 95.0 cm³/mol. The molecule has 2 saturated heterocycles. The Bertz CT molecular complexity index is 670. The van der Waals surface area contributed by atoms with Crippen molar-refractivity contribution in [1.29, 1.82) is 0 Å². The number of amides is 2. The fourth-order valence-electron chi connectivity index (χ4n) is 4.30. The number of carbonyl (C=O) groups excluding carboxylic acids is 2. The minimum Gasteiger partial charge on any atom is -0.345 e. The number of hydrogen-bond donors (Lipinski definition) is 1. The molecule has 1 aromatic heterocycles. The molecule has 0 aromatic carbocycles. The fraction of sp³-hybridized carbons (Fsp3) is 0.722. The van der Waals surface area contributed by atoms with E-state index in [0.717, 1.165) is 30.9 Å². The zero-order chi connectivity index (χ0) is 18.2.